The maximum Gasteiger partial charge on any atom is 0.163 e. The summed E-state index contributed by atoms with van der Waals surface area (Å²) in [6.07, 6.45) is 1.31. The number of benzene rings is 2. The molecule has 5 rings (SSSR count). The second-order valence-electron chi connectivity index (χ2n) is 8.03. The summed E-state index contributed by atoms with van der Waals surface area (Å²) < 4.78 is 5.96. The fraction of sp³-hybridized carbons (Fsp3) is 0.240. The van der Waals surface area contributed by atoms with E-state index in [1.165, 1.54) is 11.1 Å². The molecule has 0 saturated heterocycles. The van der Waals surface area contributed by atoms with Crippen molar-refractivity contribution < 1.29 is 9.21 Å². The summed E-state index contributed by atoms with van der Waals surface area (Å²) in [5.74, 6) is 1.97. The molecule has 29 heavy (non-hydrogen) atoms. The maximum atomic E-state index is 13.4. The zero-order valence-electron chi connectivity index (χ0n) is 16.7. The van der Waals surface area contributed by atoms with Gasteiger partial charge in [0.2, 0.25) is 0 Å². The molecule has 0 saturated carbocycles. The van der Waals surface area contributed by atoms with Crippen LogP contribution in [0.25, 0.3) is 0 Å². The first-order chi connectivity index (χ1) is 14.1. The summed E-state index contributed by atoms with van der Waals surface area (Å²) in [6, 6.07) is 20.2. The summed E-state index contributed by atoms with van der Waals surface area (Å²) in [6.45, 7) is 4.00. The molecule has 2 N–H and O–H groups in total. The Morgan fingerprint density at radius 3 is 2.52 bits per heavy atom. The molecule has 2 atom stereocenters. The predicted molar refractivity (Wildman–Crippen MR) is 115 cm³/mol. The zero-order chi connectivity index (χ0) is 20.0. The molecule has 2 heterocycles. The third-order valence-corrected chi connectivity index (χ3v) is 5.87. The van der Waals surface area contributed by atoms with Gasteiger partial charge < -0.3 is 15.1 Å². The molecule has 0 fully saturated rings. The van der Waals surface area contributed by atoms with E-state index in [2.05, 4.69) is 47.9 Å². The van der Waals surface area contributed by atoms with Gasteiger partial charge in [-0.3, -0.25) is 4.79 Å². The van der Waals surface area contributed by atoms with Crippen LogP contribution in [0.1, 0.15) is 47.4 Å². The number of carbonyl (C=O) groups is 1. The average molecular weight is 384 g/mol. The van der Waals surface area contributed by atoms with Gasteiger partial charge in [0, 0.05) is 17.7 Å². The lowest BCUT2D eigenvalue weighted by Crippen LogP contribution is -2.26. The van der Waals surface area contributed by atoms with E-state index >= 15 is 0 Å². The van der Waals surface area contributed by atoms with E-state index in [1.807, 2.05) is 37.3 Å². The number of ketones is 1. The standard InChI is InChI=1S/C25H24N2O2/c1-15-8-10-19-20(12-15)27-25(23-11-9-16(2)29-23)24-21(26-19)13-18(14-22(24)28)17-6-4-3-5-7-17/h3-12,18,25-27H,13-14H2,1-2H3/t18-,25-/m0/s1. The fourth-order valence-electron chi connectivity index (χ4n) is 4.44. The van der Waals surface area contributed by atoms with Gasteiger partial charge in [-0.25, -0.2) is 0 Å². The van der Waals surface area contributed by atoms with Crippen LogP contribution in [-0.4, -0.2) is 5.78 Å². The summed E-state index contributed by atoms with van der Waals surface area (Å²) >= 11 is 0. The minimum absolute atomic E-state index is 0.170. The molecule has 146 valence electrons. The topological polar surface area (TPSA) is 54.3 Å². The highest BCUT2D eigenvalue weighted by molar-refractivity contribution is 6.01. The number of rotatable bonds is 2. The van der Waals surface area contributed by atoms with Gasteiger partial charge in [0.15, 0.2) is 5.78 Å². The second kappa shape index (κ2) is 6.96. The highest BCUT2D eigenvalue weighted by atomic mass is 16.3. The molecule has 4 heteroatoms. The molecule has 2 aromatic carbocycles. The number of hydrogen-bond donors (Lipinski definition) is 2. The number of aryl methyl sites for hydroxylation is 2. The van der Waals surface area contributed by atoms with E-state index in [-0.39, 0.29) is 17.7 Å². The van der Waals surface area contributed by atoms with Crippen molar-refractivity contribution in [3.63, 3.8) is 0 Å². The minimum Gasteiger partial charge on any atom is -0.464 e. The highest BCUT2D eigenvalue weighted by Gasteiger charge is 2.37. The van der Waals surface area contributed by atoms with E-state index < -0.39 is 0 Å². The van der Waals surface area contributed by atoms with Crippen LogP contribution in [0, 0.1) is 13.8 Å². The molecule has 0 amide bonds. The van der Waals surface area contributed by atoms with Gasteiger partial charge in [-0.2, -0.15) is 0 Å². The molecule has 1 aliphatic heterocycles. The first kappa shape index (κ1) is 17.8. The molecule has 0 spiro atoms. The lowest BCUT2D eigenvalue weighted by Gasteiger charge is -2.29. The van der Waals surface area contributed by atoms with E-state index in [1.54, 1.807) is 0 Å². The molecular weight excluding hydrogens is 360 g/mol. The molecule has 4 nitrogen and oxygen atoms in total. The Bertz CT molecular complexity index is 1110. The van der Waals surface area contributed by atoms with Crippen molar-refractivity contribution in [3.05, 3.63) is 94.6 Å². The molecule has 0 bridgehead atoms. The smallest absolute Gasteiger partial charge is 0.163 e. The third-order valence-electron chi connectivity index (χ3n) is 5.87. The number of furan rings is 1. The van der Waals surface area contributed by atoms with E-state index in [0.717, 1.165) is 40.6 Å². The largest absolute Gasteiger partial charge is 0.464 e. The van der Waals surface area contributed by atoms with E-state index in [0.29, 0.717) is 6.42 Å². The van der Waals surface area contributed by atoms with Crippen LogP contribution >= 0.6 is 0 Å². The highest BCUT2D eigenvalue weighted by Crippen LogP contribution is 2.44. The average Bonchev–Trinajstić information content (AvgIpc) is 3.07. The number of hydrogen-bond acceptors (Lipinski definition) is 4. The third kappa shape index (κ3) is 3.25. The lowest BCUT2D eigenvalue weighted by molar-refractivity contribution is -0.116. The van der Waals surface area contributed by atoms with Gasteiger partial charge in [-0.05, 0) is 61.6 Å². The summed E-state index contributed by atoms with van der Waals surface area (Å²) in [5, 5.41) is 7.16. The van der Waals surface area contributed by atoms with E-state index in [9.17, 15) is 4.79 Å². The summed E-state index contributed by atoms with van der Waals surface area (Å²) in [7, 11) is 0. The predicted octanol–water partition coefficient (Wildman–Crippen LogP) is 5.88. The quantitative estimate of drug-likeness (QED) is 0.580. The van der Waals surface area contributed by atoms with Gasteiger partial charge in [0.25, 0.3) is 0 Å². The van der Waals surface area contributed by atoms with Gasteiger partial charge in [0.1, 0.15) is 17.6 Å². The zero-order valence-corrected chi connectivity index (χ0v) is 16.7. The SMILES string of the molecule is Cc1ccc2c(c1)N[C@@H](c1ccc(C)o1)C1=C(C[C@H](c3ccccc3)CC1=O)N2. The Morgan fingerprint density at radius 2 is 1.76 bits per heavy atom. The van der Waals surface area contributed by atoms with Crippen molar-refractivity contribution in [2.75, 3.05) is 10.6 Å². The molecule has 0 radical (unpaired) electrons. The maximum absolute atomic E-state index is 13.4. The van der Waals surface area contributed by atoms with Crippen LogP contribution in [-0.2, 0) is 4.79 Å². The molecular formula is C25H24N2O2. The van der Waals surface area contributed by atoms with Gasteiger partial charge in [-0.1, -0.05) is 36.4 Å². The van der Waals surface area contributed by atoms with Crippen molar-refractivity contribution in [3.8, 4) is 0 Å². The van der Waals surface area contributed by atoms with Crippen molar-refractivity contribution in [1.29, 1.82) is 0 Å². The molecule has 3 aromatic rings. The Kier molecular flexibility index (Phi) is 4.27. The van der Waals surface area contributed by atoms with Crippen molar-refractivity contribution >= 4 is 17.2 Å². The van der Waals surface area contributed by atoms with Crippen LogP contribution in [0.2, 0.25) is 0 Å². The van der Waals surface area contributed by atoms with Gasteiger partial charge >= 0.3 is 0 Å². The lowest BCUT2D eigenvalue weighted by atomic mass is 9.79. The minimum atomic E-state index is -0.293. The molecule has 2 aliphatic rings. The van der Waals surface area contributed by atoms with Crippen LogP contribution in [0.3, 0.4) is 0 Å². The van der Waals surface area contributed by atoms with Crippen LogP contribution in [0.5, 0.6) is 0 Å². The first-order valence-corrected chi connectivity index (χ1v) is 10.1. The second-order valence-corrected chi connectivity index (χ2v) is 8.03. The number of Topliss-reactive ketones (excluding diaryl/α,β-unsaturated/α-hetero) is 1. The van der Waals surface area contributed by atoms with Gasteiger partial charge in [-0.15, -0.1) is 0 Å². The fourth-order valence-corrected chi connectivity index (χ4v) is 4.44. The van der Waals surface area contributed by atoms with Crippen molar-refractivity contribution in [2.24, 2.45) is 0 Å². The Hall–Kier alpha value is -3.27. The van der Waals surface area contributed by atoms with Crippen molar-refractivity contribution in [1.82, 2.24) is 0 Å². The van der Waals surface area contributed by atoms with Crippen LogP contribution in [0.4, 0.5) is 11.4 Å². The number of nitrogens with one attached hydrogen (secondary N) is 2. The number of anilines is 2. The number of carbonyl (C=O) groups excluding carboxylic acids is 1. The number of allylic oxidation sites excluding steroid dienone is 1. The first-order valence-electron chi connectivity index (χ1n) is 10.1. The Morgan fingerprint density at radius 1 is 0.931 bits per heavy atom. The van der Waals surface area contributed by atoms with Crippen molar-refractivity contribution in [2.45, 2.75) is 38.6 Å². The Labute approximate surface area is 170 Å². The molecule has 0 unspecified atom stereocenters. The monoisotopic (exact) mass is 384 g/mol. The molecule has 1 aliphatic carbocycles. The molecule has 1 aromatic heterocycles. The summed E-state index contributed by atoms with van der Waals surface area (Å²) in [5.41, 5.74) is 6.14. The van der Waals surface area contributed by atoms with Gasteiger partial charge in [0.05, 0.1) is 11.4 Å². The summed E-state index contributed by atoms with van der Waals surface area (Å²) in [4.78, 5) is 13.4. The van der Waals surface area contributed by atoms with E-state index in [4.69, 9.17) is 4.42 Å². The van der Waals surface area contributed by atoms with Crippen LogP contribution in [0.15, 0.2) is 76.4 Å². The van der Waals surface area contributed by atoms with Crippen LogP contribution < -0.4 is 10.6 Å². The normalized spacial score (nSPS) is 21.0. The number of fused-ring (bicyclic) bond motifs is 1. The Balaban J connectivity index is 1.62.